The number of thiophene rings is 2. The van der Waals surface area contributed by atoms with Crippen LogP contribution in [0.2, 0.25) is 14.4 Å². The smallest absolute Gasteiger partial charge is 0.264 e. The average Bonchev–Trinajstić information content (AvgIpc) is 3.49. The molecule has 0 spiro atoms. The zero-order valence-corrected chi connectivity index (χ0v) is 30.4. The number of carbonyl (C=O) groups excluding carboxylic acids is 2. The van der Waals surface area contributed by atoms with Crippen molar-refractivity contribution in [2.75, 3.05) is 53.5 Å². The molecule has 0 bridgehead atoms. The van der Waals surface area contributed by atoms with Crippen molar-refractivity contribution in [3.05, 3.63) is 45.7 Å². The van der Waals surface area contributed by atoms with Gasteiger partial charge in [-0.3, -0.25) is 18.9 Å². The summed E-state index contributed by atoms with van der Waals surface area (Å²) in [5.41, 5.74) is 3.65. The van der Waals surface area contributed by atoms with Gasteiger partial charge in [-0.15, -0.1) is 22.7 Å². The van der Waals surface area contributed by atoms with Gasteiger partial charge in [-0.25, -0.2) is 0 Å². The predicted octanol–water partition coefficient (Wildman–Crippen LogP) is 9.02. The molecule has 1 aliphatic heterocycles. The summed E-state index contributed by atoms with van der Waals surface area (Å²) >= 11 is 21.9. The van der Waals surface area contributed by atoms with Crippen molar-refractivity contribution in [3.63, 3.8) is 0 Å². The van der Waals surface area contributed by atoms with Crippen molar-refractivity contribution in [1.29, 1.82) is 0 Å². The van der Waals surface area contributed by atoms with Crippen LogP contribution in [0.3, 0.4) is 0 Å². The first-order chi connectivity index (χ1) is 20.3. The summed E-state index contributed by atoms with van der Waals surface area (Å²) in [6, 6.07) is 0. The lowest BCUT2D eigenvalue weighted by atomic mass is 9.80. The predicted molar refractivity (Wildman–Crippen MR) is 184 cm³/mol. The summed E-state index contributed by atoms with van der Waals surface area (Å²) in [6.07, 6.45) is 5.59. The van der Waals surface area contributed by atoms with Crippen LogP contribution < -0.4 is 0 Å². The summed E-state index contributed by atoms with van der Waals surface area (Å²) in [5, 5.41) is 0.592. The van der Waals surface area contributed by atoms with Crippen LogP contribution in [0.15, 0.2) is 5.57 Å². The lowest BCUT2D eigenvalue weighted by Crippen LogP contribution is -2.51. The Morgan fingerprint density at radius 3 is 1.95 bits per heavy atom. The number of nitrogens with zero attached hydrogens (tertiary/aromatic N) is 3. The molecule has 0 N–H and O–H groups in total. The number of carbonyl (C=O) groups is 2. The molecule has 2 aliphatic rings. The van der Waals surface area contributed by atoms with E-state index in [9.17, 15) is 14.0 Å². The lowest BCUT2D eigenvalue weighted by Gasteiger charge is -2.34. The standard InChI is InChI=1S/C29H37Cl3FN3O2S2.C3H8/c1-17(2)20(14-29(3,16-33)26-22(30)23(31)27(32)40-26)24-18-8-6-7-9-19(18)25(39-24)28(38)36-12-10-35(11-13-36)15-21(37)34(4)5;1-3-2/h6-16H2,1-5H3;3H2,1-2H3. The minimum atomic E-state index is -0.902. The van der Waals surface area contributed by atoms with Crippen LogP contribution in [0.4, 0.5) is 4.39 Å². The second kappa shape index (κ2) is 15.9. The summed E-state index contributed by atoms with van der Waals surface area (Å²) in [6.45, 7) is 12.5. The molecule has 1 fully saturated rings. The molecule has 1 atom stereocenters. The van der Waals surface area contributed by atoms with Gasteiger partial charge in [-0.05, 0) is 62.7 Å². The Hall–Kier alpha value is -1.16. The topological polar surface area (TPSA) is 43.9 Å². The van der Waals surface area contributed by atoms with Crippen molar-refractivity contribution in [3.8, 4) is 0 Å². The third-order valence-electron chi connectivity index (χ3n) is 7.98. The number of hydrogen-bond acceptors (Lipinski definition) is 5. The van der Waals surface area contributed by atoms with Gasteiger partial charge in [0.1, 0.15) is 4.34 Å². The van der Waals surface area contributed by atoms with Gasteiger partial charge in [0.25, 0.3) is 5.91 Å². The number of rotatable bonds is 8. The number of amides is 2. The Morgan fingerprint density at radius 1 is 0.930 bits per heavy atom. The largest absolute Gasteiger partial charge is 0.348 e. The van der Waals surface area contributed by atoms with E-state index in [4.69, 9.17) is 34.8 Å². The summed E-state index contributed by atoms with van der Waals surface area (Å²) in [7, 11) is 3.52. The highest BCUT2D eigenvalue weighted by atomic mass is 35.5. The fraction of sp³-hybridized carbons (Fsp3) is 0.625. The van der Waals surface area contributed by atoms with Crippen LogP contribution in [0.5, 0.6) is 0 Å². The Morgan fingerprint density at radius 2 is 1.49 bits per heavy atom. The first-order valence-corrected chi connectivity index (χ1v) is 17.8. The number of alkyl halides is 1. The van der Waals surface area contributed by atoms with Crippen molar-refractivity contribution in [2.24, 2.45) is 0 Å². The molecule has 0 saturated carbocycles. The Labute approximate surface area is 280 Å². The van der Waals surface area contributed by atoms with Crippen molar-refractivity contribution in [1.82, 2.24) is 14.7 Å². The van der Waals surface area contributed by atoms with E-state index in [1.165, 1.54) is 23.3 Å². The van der Waals surface area contributed by atoms with Crippen LogP contribution in [0.25, 0.3) is 5.57 Å². The first-order valence-electron chi connectivity index (χ1n) is 15.0. The van der Waals surface area contributed by atoms with E-state index in [-0.39, 0.29) is 16.8 Å². The Bertz CT molecular complexity index is 1330. The maximum atomic E-state index is 14.8. The van der Waals surface area contributed by atoms with Gasteiger partial charge in [0.05, 0.1) is 28.1 Å². The van der Waals surface area contributed by atoms with Gasteiger partial charge >= 0.3 is 0 Å². The molecule has 5 nitrogen and oxygen atoms in total. The zero-order chi connectivity index (χ0) is 32.1. The highest BCUT2D eigenvalue weighted by Crippen LogP contribution is 2.50. The molecule has 43 heavy (non-hydrogen) atoms. The second-order valence-corrected chi connectivity index (χ2v) is 15.6. The molecule has 3 heterocycles. The maximum Gasteiger partial charge on any atom is 0.264 e. The third-order valence-corrected chi connectivity index (χ3v) is 12.2. The quantitative estimate of drug-likeness (QED) is 0.277. The van der Waals surface area contributed by atoms with Gasteiger partial charge in [-0.1, -0.05) is 67.6 Å². The van der Waals surface area contributed by atoms with Gasteiger partial charge in [-0.2, -0.15) is 0 Å². The molecule has 240 valence electrons. The zero-order valence-electron chi connectivity index (χ0n) is 26.5. The summed E-state index contributed by atoms with van der Waals surface area (Å²) in [4.78, 5) is 34.2. The lowest BCUT2D eigenvalue weighted by molar-refractivity contribution is -0.130. The van der Waals surface area contributed by atoms with E-state index in [0.29, 0.717) is 53.4 Å². The highest BCUT2D eigenvalue weighted by molar-refractivity contribution is 7.18. The first kappa shape index (κ1) is 36.3. The molecule has 1 unspecified atom stereocenters. The minimum Gasteiger partial charge on any atom is -0.348 e. The molecule has 1 saturated heterocycles. The molecule has 2 amide bonds. The molecule has 1 aliphatic carbocycles. The molecule has 4 rings (SSSR count). The molecule has 0 radical (unpaired) electrons. The molecular weight excluding hydrogens is 648 g/mol. The number of fused-ring (bicyclic) bond motifs is 1. The highest BCUT2D eigenvalue weighted by Gasteiger charge is 2.37. The monoisotopic (exact) mass is 691 g/mol. The van der Waals surface area contributed by atoms with Crippen LogP contribution in [0.1, 0.15) is 90.9 Å². The number of hydrogen-bond donors (Lipinski definition) is 0. The number of halogens is 4. The molecule has 2 aromatic rings. The van der Waals surface area contributed by atoms with Gasteiger partial charge < -0.3 is 9.80 Å². The minimum absolute atomic E-state index is 0.0641. The van der Waals surface area contributed by atoms with Crippen LogP contribution >= 0.6 is 57.5 Å². The van der Waals surface area contributed by atoms with E-state index in [1.54, 1.807) is 30.3 Å². The van der Waals surface area contributed by atoms with Crippen LogP contribution in [0, 0.1) is 0 Å². The molecule has 0 aromatic carbocycles. The van der Waals surface area contributed by atoms with E-state index < -0.39 is 12.1 Å². The van der Waals surface area contributed by atoms with E-state index >= 15 is 0 Å². The van der Waals surface area contributed by atoms with E-state index in [0.717, 1.165) is 52.1 Å². The third kappa shape index (κ3) is 8.36. The summed E-state index contributed by atoms with van der Waals surface area (Å²) < 4.78 is 15.2. The number of piperazine rings is 1. The van der Waals surface area contributed by atoms with Gasteiger partial charge in [0.15, 0.2) is 0 Å². The fourth-order valence-electron chi connectivity index (χ4n) is 5.45. The number of allylic oxidation sites excluding steroid dienone is 2. The fourth-order valence-corrected chi connectivity index (χ4v) is 9.04. The normalized spacial score (nSPS) is 16.6. The Balaban J connectivity index is 0.00000162. The number of likely N-dealkylation sites (N-methyl/N-ethyl adjacent to an activating group) is 1. The van der Waals surface area contributed by atoms with Crippen LogP contribution in [-0.4, -0.2) is 80.0 Å². The second-order valence-electron chi connectivity index (χ2n) is 12.2. The van der Waals surface area contributed by atoms with Crippen molar-refractivity contribution in [2.45, 2.75) is 78.6 Å². The molecule has 11 heteroatoms. The average molecular weight is 693 g/mol. The molecule has 2 aromatic heterocycles. The molecular formula is C32H45Cl3FN3O2S2. The van der Waals surface area contributed by atoms with Crippen molar-refractivity contribution >= 4 is 74.9 Å². The van der Waals surface area contributed by atoms with E-state index in [1.807, 2.05) is 11.8 Å². The SMILES string of the molecule is CC(C)=C(CC(C)(CF)c1sc(Cl)c(Cl)c1Cl)c1sc(C(=O)N2CCN(CC(=O)N(C)C)CC2)c2c1CCCC2.CCC. The van der Waals surface area contributed by atoms with Gasteiger partial charge in [0, 0.05) is 55.4 Å². The van der Waals surface area contributed by atoms with Crippen LogP contribution in [-0.2, 0) is 23.1 Å². The maximum absolute atomic E-state index is 14.8. The Kier molecular flexibility index (Phi) is 13.4. The van der Waals surface area contributed by atoms with E-state index in [2.05, 4.69) is 32.6 Å². The van der Waals surface area contributed by atoms with Gasteiger partial charge in [0.2, 0.25) is 5.91 Å². The van der Waals surface area contributed by atoms with Crippen molar-refractivity contribution < 1.29 is 14.0 Å². The summed E-state index contributed by atoms with van der Waals surface area (Å²) in [5.74, 6) is 0.133.